The van der Waals surface area contributed by atoms with Crippen molar-refractivity contribution in [1.82, 2.24) is 5.43 Å². The van der Waals surface area contributed by atoms with Crippen LogP contribution in [0.15, 0.2) is 65.8 Å². The highest BCUT2D eigenvalue weighted by molar-refractivity contribution is 6.35. The Kier molecular flexibility index (Phi) is 9.62. The van der Waals surface area contributed by atoms with Crippen molar-refractivity contribution in [1.29, 1.82) is 0 Å². The zero-order valence-electron chi connectivity index (χ0n) is 19.0. The fraction of sp³-hybridized carbons (Fsp3) is 0.231. The summed E-state index contributed by atoms with van der Waals surface area (Å²) in [7, 11) is 0. The molecule has 6 nitrogen and oxygen atoms in total. The van der Waals surface area contributed by atoms with Crippen molar-refractivity contribution in [2.24, 2.45) is 5.10 Å². The van der Waals surface area contributed by atoms with E-state index in [0.29, 0.717) is 40.3 Å². The Morgan fingerprint density at radius 3 is 2.44 bits per heavy atom. The van der Waals surface area contributed by atoms with E-state index in [-0.39, 0.29) is 12.5 Å². The first-order chi connectivity index (χ1) is 16.5. The average molecular weight is 501 g/mol. The maximum absolute atomic E-state index is 12.3. The van der Waals surface area contributed by atoms with Gasteiger partial charge in [0.1, 0.15) is 12.4 Å². The number of ether oxygens (including phenoxy) is 3. The summed E-state index contributed by atoms with van der Waals surface area (Å²) in [4.78, 5) is 12.3. The lowest BCUT2D eigenvalue weighted by Gasteiger charge is -2.13. The van der Waals surface area contributed by atoms with Crippen molar-refractivity contribution in [3.63, 3.8) is 0 Å². The molecule has 178 valence electrons. The SMILES string of the molecule is CCCOc1ccc(C(=O)N/N=C\c2ccc(OCc3ccc(Cl)cc3Cl)c(OCC)c2)cc1. The van der Waals surface area contributed by atoms with Crippen LogP contribution in [-0.4, -0.2) is 25.3 Å². The molecule has 0 bridgehead atoms. The summed E-state index contributed by atoms with van der Waals surface area (Å²) in [6.45, 7) is 5.29. The summed E-state index contributed by atoms with van der Waals surface area (Å²) in [5.74, 6) is 1.54. The smallest absolute Gasteiger partial charge is 0.271 e. The van der Waals surface area contributed by atoms with E-state index >= 15 is 0 Å². The Balaban J connectivity index is 1.61. The Labute approximate surface area is 209 Å². The summed E-state index contributed by atoms with van der Waals surface area (Å²) in [6, 6.07) is 17.6. The number of hydrazone groups is 1. The lowest BCUT2D eigenvalue weighted by atomic mass is 10.2. The number of hydrogen-bond donors (Lipinski definition) is 1. The van der Waals surface area contributed by atoms with E-state index in [4.69, 9.17) is 37.4 Å². The third-order valence-corrected chi connectivity index (χ3v) is 5.22. The molecule has 0 saturated heterocycles. The van der Waals surface area contributed by atoms with Gasteiger partial charge in [-0.05, 0) is 73.5 Å². The van der Waals surface area contributed by atoms with Crippen LogP contribution in [0, 0.1) is 0 Å². The fourth-order valence-corrected chi connectivity index (χ4v) is 3.40. The molecule has 0 atom stereocenters. The second-order valence-electron chi connectivity index (χ2n) is 7.24. The maximum atomic E-state index is 12.3. The number of benzene rings is 3. The van der Waals surface area contributed by atoms with E-state index in [9.17, 15) is 4.79 Å². The van der Waals surface area contributed by atoms with Crippen molar-refractivity contribution in [2.75, 3.05) is 13.2 Å². The Morgan fingerprint density at radius 2 is 1.74 bits per heavy atom. The maximum Gasteiger partial charge on any atom is 0.271 e. The van der Waals surface area contributed by atoms with Crippen LogP contribution in [0.5, 0.6) is 17.2 Å². The first-order valence-corrected chi connectivity index (χ1v) is 11.7. The monoisotopic (exact) mass is 500 g/mol. The topological polar surface area (TPSA) is 69.2 Å². The molecule has 0 aliphatic carbocycles. The van der Waals surface area contributed by atoms with Gasteiger partial charge in [0, 0.05) is 21.2 Å². The van der Waals surface area contributed by atoms with Gasteiger partial charge in [-0.15, -0.1) is 0 Å². The molecule has 0 spiro atoms. The summed E-state index contributed by atoms with van der Waals surface area (Å²) >= 11 is 12.2. The Hall–Kier alpha value is -3.22. The Bertz CT molecular complexity index is 1130. The number of amides is 1. The summed E-state index contributed by atoms with van der Waals surface area (Å²) in [5.41, 5.74) is 4.56. The molecule has 0 saturated carbocycles. The number of carbonyl (C=O) groups excluding carboxylic acids is 1. The van der Waals surface area contributed by atoms with Gasteiger partial charge in [-0.25, -0.2) is 5.43 Å². The second-order valence-corrected chi connectivity index (χ2v) is 8.08. The van der Waals surface area contributed by atoms with Gasteiger partial charge in [0.05, 0.1) is 19.4 Å². The molecular formula is C26H26Cl2N2O4. The predicted molar refractivity (Wildman–Crippen MR) is 136 cm³/mol. The third kappa shape index (κ3) is 7.40. The normalized spacial score (nSPS) is 10.8. The van der Waals surface area contributed by atoms with Gasteiger partial charge in [0.25, 0.3) is 5.91 Å². The number of hydrogen-bond acceptors (Lipinski definition) is 5. The van der Waals surface area contributed by atoms with E-state index in [0.717, 1.165) is 23.3 Å². The molecule has 0 radical (unpaired) electrons. The highest BCUT2D eigenvalue weighted by atomic mass is 35.5. The number of carbonyl (C=O) groups is 1. The average Bonchev–Trinajstić information content (AvgIpc) is 2.83. The van der Waals surface area contributed by atoms with E-state index in [1.165, 1.54) is 0 Å². The molecule has 3 rings (SSSR count). The van der Waals surface area contributed by atoms with Gasteiger partial charge in [0.2, 0.25) is 0 Å². The standard InChI is InChI=1S/C26H26Cl2N2O4/c1-3-13-33-22-10-7-19(8-11-22)26(31)30-29-16-18-5-12-24(25(14-18)32-4-2)34-17-20-6-9-21(27)15-23(20)28/h5-12,14-16H,3-4,13,17H2,1-2H3,(H,30,31)/b29-16-. The van der Waals surface area contributed by atoms with E-state index < -0.39 is 0 Å². The van der Waals surface area contributed by atoms with Crippen LogP contribution in [0.4, 0.5) is 0 Å². The van der Waals surface area contributed by atoms with Crippen LogP contribution in [-0.2, 0) is 6.61 Å². The van der Waals surface area contributed by atoms with Crippen LogP contribution < -0.4 is 19.6 Å². The minimum atomic E-state index is -0.317. The molecule has 0 unspecified atom stereocenters. The summed E-state index contributed by atoms with van der Waals surface area (Å²) in [5, 5.41) is 5.15. The summed E-state index contributed by atoms with van der Waals surface area (Å²) in [6.07, 6.45) is 2.46. The van der Waals surface area contributed by atoms with Crippen molar-refractivity contribution in [3.05, 3.63) is 87.4 Å². The predicted octanol–water partition coefficient (Wildman–Crippen LogP) is 6.52. The second kappa shape index (κ2) is 12.9. The van der Waals surface area contributed by atoms with Crippen molar-refractivity contribution < 1.29 is 19.0 Å². The lowest BCUT2D eigenvalue weighted by Crippen LogP contribution is -2.17. The van der Waals surface area contributed by atoms with Gasteiger partial charge in [-0.3, -0.25) is 4.79 Å². The van der Waals surface area contributed by atoms with Crippen LogP contribution in [0.2, 0.25) is 10.0 Å². The quantitative estimate of drug-likeness (QED) is 0.240. The highest BCUT2D eigenvalue weighted by Gasteiger charge is 2.09. The van der Waals surface area contributed by atoms with Crippen molar-refractivity contribution >= 4 is 35.3 Å². The molecule has 0 fully saturated rings. The molecule has 0 aromatic heterocycles. The van der Waals surface area contributed by atoms with Crippen LogP contribution in [0.1, 0.15) is 41.8 Å². The minimum Gasteiger partial charge on any atom is -0.494 e. The molecule has 34 heavy (non-hydrogen) atoms. The van der Waals surface area contributed by atoms with Gasteiger partial charge in [0.15, 0.2) is 11.5 Å². The van der Waals surface area contributed by atoms with Gasteiger partial charge < -0.3 is 14.2 Å². The zero-order chi connectivity index (χ0) is 24.3. The fourth-order valence-electron chi connectivity index (χ4n) is 2.94. The first-order valence-electron chi connectivity index (χ1n) is 10.9. The van der Waals surface area contributed by atoms with Gasteiger partial charge in [-0.1, -0.05) is 36.2 Å². The molecular weight excluding hydrogens is 475 g/mol. The molecule has 1 N–H and O–H groups in total. The molecule has 3 aromatic carbocycles. The number of halogens is 2. The van der Waals surface area contributed by atoms with E-state index in [2.05, 4.69) is 10.5 Å². The van der Waals surface area contributed by atoms with E-state index in [1.54, 1.807) is 54.7 Å². The van der Waals surface area contributed by atoms with Crippen molar-refractivity contribution in [2.45, 2.75) is 26.9 Å². The van der Waals surface area contributed by atoms with Crippen LogP contribution in [0.3, 0.4) is 0 Å². The van der Waals surface area contributed by atoms with Crippen molar-refractivity contribution in [3.8, 4) is 17.2 Å². The van der Waals surface area contributed by atoms with Crippen LogP contribution in [0.25, 0.3) is 0 Å². The summed E-state index contributed by atoms with van der Waals surface area (Å²) < 4.78 is 17.1. The third-order valence-electron chi connectivity index (χ3n) is 4.63. The molecule has 0 aliphatic heterocycles. The first kappa shape index (κ1) is 25.4. The molecule has 1 amide bonds. The Morgan fingerprint density at radius 1 is 0.941 bits per heavy atom. The largest absolute Gasteiger partial charge is 0.494 e. The molecule has 3 aromatic rings. The molecule has 0 aliphatic rings. The number of nitrogens with zero attached hydrogens (tertiary/aromatic N) is 1. The number of rotatable bonds is 11. The van der Waals surface area contributed by atoms with Gasteiger partial charge >= 0.3 is 0 Å². The van der Waals surface area contributed by atoms with E-state index in [1.807, 2.05) is 26.0 Å². The molecule has 8 heteroatoms. The lowest BCUT2D eigenvalue weighted by molar-refractivity contribution is 0.0955. The minimum absolute atomic E-state index is 0.266. The molecule has 0 heterocycles. The highest BCUT2D eigenvalue weighted by Crippen LogP contribution is 2.30. The number of nitrogens with one attached hydrogen (secondary N) is 1. The van der Waals surface area contributed by atoms with Gasteiger partial charge in [-0.2, -0.15) is 5.10 Å². The zero-order valence-corrected chi connectivity index (χ0v) is 20.5. The van der Waals surface area contributed by atoms with Crippen LogP contribution >= 0.6 is 23.2 Å².